The quantitative estimate of drug-likeness (QED) is 0.596. The Balaban J connectivity index is 2.18. The van der Waals surface area contributed by atoms with Gasteiger partial charge in [0.05, 0.1) is 23.9 Å². The number of aliphatic imine (C=N–C) groups is 1. The molecular weight excluding hydrogens is 218 g/mol. The largest absolute Gasteiger partial charge is 0.324 e. The van der Waals surface area contributed by atoms with Crippen molar-refractivity contribution in [2.45, 2.75) is 6.54 Å². The molecule has 0 fully saturated rings. The van der Waals surface area contributed by atoms with E-state index in [0.29, 0.717) is 17.1 Å². The van der Waals surface area contributed by atoms with Gasteiger partial charge in [-0.1, -0.05) is 0 Å². The lowest BCUT2D eigenvalue weighted by Crippen LogP contribution is -2.08. The fourth-order valence-electron chi connectivity index (χ4n) is 1.18. The summed E-state index contributed by atoms with van der Waals surface area (Å²) in [7, 11) is 0. The number of nitrogens with two attached hydrogens (primary N) is 1. The molecule has 1 heterocycles. The lowest BCUT2D eigenvalue weighted by molar-refractivity contribution is 0.811. The molecule has 2 rings (SSSR count). The Labute approximate surface area is 97.2 Å². The molecule has 0 aliphatic heterocycles. The molecule has 0 saturated carbocycles. The molecule has 84 valence electrons. The van der Waals surface area contributed by atoms with Gasteiger partial charge in [0.25, 0.3) is 0 Å². The van der Waals surface area contributed by atoms with Crippen molar-refractivity contribution in [1.82, 2.24) is 20.2 Å². The van der Waals surface area contributed by atoms with E-state index in [1.165, 1.54) is 11.0 Å². The van der Waals surface area contributed by atoms with E-state index < -0.39 is 0 Å². The maximum atomic E-state index is 8.64. The summed E-state index contributed by atoms with van der Waals surface area (Å²) in [4.78, 5) is 4.16. The summed E-state index contributed by atoms with van der Waals surface area (Å²) < 4.78 is 1.40. The third kappa shape index (κ3) is 2.50. The highest BCUT2D eigenvalue weighted by molar-refractivity contribution is 5.63. The third-order valence-corrected chi connectivity index (χ3v) is 2.06. The summed E-state index contributed by atoms with van der Waals surface area (Å²) >= 11 is 0. The van der Waals surface area contributed by atoms with Crippen molar-refractivity contribution in [3.63, 3.8) is 0 Å². The Morgan fingerprint density at radius 3 is 2.82 bits per heavy atom. The topological polar surface area (TPSA) is 106 Å². The Kier molecular flexibility index (Phi) is 3.18. The van der Waals surface area contributed by atoms with Crippen LogP contribution in [0.2, 0.25) is 0 Å². The first kappa shape index (κ1) is 10.9. The van der Waals surface area contributed by atoms with E-state index in [4.69, 9.17) is 11.0 Å². The van der Waals surface area contributed by atoms with Crippen LogP contribution in [-0.4, -0.2) is 26.5 Å². The van der Waals surface area contributed by atoms with Gasteiger partial charge >= 0.3 is 0 Å². The highest BCUT2D eigenvalue weighted by atomic mass is 15.5. The molecule has 0 atom stereocenters. The summed E-state index contributed by atoms with van der Waals surface area (Å²) in [5.41, 5.74) is 6.74. The average Bonchev–Trinajstić information content (AvgIpc) is 2.84. The van der Waals surface area contributed by atoms with Gasteiger partial charge in [0, 0.05) is 0 Å². The first-order valence-corrected chi connectivity index (χ1v) is 4.84. The molecule has 2 N–H and O–H groups in total. The molecule has 1 aromatic carbocycles. The summed E-state index contributed by atoms with van der Waals surface area (Å²) in [6, 6.07) is 8.89. The summed E-state index contributed by atoms with van der Waals surface area (Å²) in [6.07, 6.45) is 1.48. The summed E-state index contributed by atoms with van der Waals surface area (Å²) in [5.74, 6) is 0.530. The maximum Gasteiger partial charge on any atom is 0.171 e. The van der Waals surface area contributed by atoms with E-state index >= 15 is 0 Å². The van der Waals surface area contributed by atoms with Crippen LogP contribution in [-0.2, 0) is 6.54 Å². The molecule has 0 saturated heterocycles. The van der Waals surface area contributed by atoms with E-state index in [9.17, 15) is 0 Å². The number of hydrogen-bond acceptors (Lipinski definition) is 6. The van der Waals surface area contributed by atoms with Crippen LogP contribution in [0.5, 0.6) is 0 Å². The number of aromatic nitrogens is 4. The monoisotopic (exact) mass is 227 g/mol. The summed E-state index contributed by atoms with van der Waals surface area (Å²) in [5, 5.41) is 19.6. The van der Waals surface area contributed by atoms with E-state index in [2.05, 4.69) is 20.5 Å². The fourth-order valence-corrected chi connectivity index (χ4v) is 1.18. The first-order valence-electron chi connectivity index (χ1n) is 4.84. The molecule has 0 amide bonds. The number of tetrazole rings is 1. The molecule has 0 unspecified atom stereocenters. The molecule has 0 spiro atoms. The van der Waals surface area contributed by atoms with Gasteiger partial charge in [0.2, 0.25) is 0 Å². The number of benzene rings is 1. The van der Waals surface area contributed by atoms with Gasteiger partial charge in [0.15, 0.2) is 5.82 Å². The molecule has 0 radical (unpaired) electrons. The van der Waals surface area contributed by atoms with Crippen LogP contribution < -0.4 is 5.73 Å². The van der Waals surface area contributed by atoms with E-state index in [0.717, 1.165) is 0 Å². The van der Waals surface area contributed by atoms with Gasteiger partial charge in [-0.25, -0.2) is 4.99 Å². The van der Waals surface area contributed by atoms with Gasteiger partial charge in [-0.15, -0.1) is 5.10 Å². The molecule has 0 aliphatic rings. The van der Waals surface area contributed by atoms with Gasteiger partial charge < -0.3 is 5.73 Å². The Morgan fingerprint density at radius 2 is 2.18 bits per heavy atom. The van der Waals surface area contributed by atoms with E-state index in [-0.39, 0.29) is 6.54 Å². The molecule has 0 aliphatic carbocycles. The number of nitriles is 1. The SMILES string of the molecule is N#Cc1ccc(/N=C/n2nnnc2CN)cc1. The molecule has 7 nitrogen and oxygen atoms in total. The molecular formula is C10H9N7. The number of nitrogens with zero attached hydrogens (tertiary/aromatic N) is 6. The zero-order valence-corrected chi connectivity index (χ0v) is 8.85. The fraction of sp³-hybridized carbons (Fsp3) is 0.100. The van der Waals surface area contributed by atoms with Crippen molar-refractivity contribution in [3.8, 4) is 6.07 Å². The molecule has 1 aromatic heterocycles. The highest BCUT2D eigenvalue weighted by Crippen LogP contribution is 2.11. The Bertz CT molecular complexity index is 561. The Hall–Kier alpha value is -2.59. The van der Waals surface area contributed by atoms with Crippen molar-refractivity contribution in [1.29, 1.82) is 5.26 Å². The standard InChI is InChI=1S/C10H9N7/c11-5-8-1-3-9(4-2-8)13-7-17-10(6-12)14-15-16-17/h1-4,7H,6,12H2/b13-7+. The van der Waals surface area contributed by atoms with Crippen molar-refractivity contribution in [2.24, 2.45) is 10.7 Å². The molecule has 0 bridgehead atoms. The second-order valence-electron chi connectivity index (χ2n) is 3.15. The number of rotatable bonds is 3. The van der Waals surface area contributed by atoms with Crippen LogP contribution in [0.25, 0.3) is 0 Å². The zero-order valence-electron chi connectivity index (χ0n) is 8.85. The Morgan fingerprint density at radius 1 is 1.41 bits per heavy atom. The second-order valence-corrected chi connectivity index (χ2v) is 3.15. The van der Waals surface area contributed by atoms with E-state index in [1.54, 1.807) is 24.3 Å². The first-order chi connectivity index (χ1) is 8.33. The van der Waals surface area contributed by atoms with Crippen LogP contribution in [0.1, 0.15) is 11.4 Å². The predicted octanol–water partition coefficient (Wildman–Crippen LogP) is 0.212. The lowest BCUT2D eigenvalue weighted by atomic mass is 10.2. The number of hydrogen-bond donors (Lipinski definition) is 1. The van der Waals surface area contributed by atoms with Crippen molar-refractivity contribution in [2.75, 3.05) is 0 Å². The zero-order chi connectivity index (χ0) is 12.1. The van der Waals surface area contributed by atoms with Crippen LogP contribution in [0.3, 0.4) is 0 Å². The minimum atomic E-state index is 0.242. The normalized spacial score (nSPS) is 10.6. The van der Waals surface area contributed by atoms with Crippen LogP contribution >= 0.6 is 0 Å². The van der Waals surface area contributed by atoms with Gasteiger partial charge in [-0.05, 0) is 34.7 Å². The maximum absolute atomic E-state index is 8.64. The predicted molar refractivity (Wildman–Crippen MR) is 60.4 cm³/mol. The van der Waals surface area contributed by atoms with Gasteiger partial charge in [0.1, 0.15) is 6.34 Å². The third-order valence-electron chi connectivity index (χ3n) is 2.06. The van der Waals surface area contributed by atoms with Crippen LogP contribution in [0.4, 0.5) is 5.69 Å². The van der Waals surface area contributed by atoms with Crippen LogP contribution in [0.15, 0.2) is 29.3 Å². The lowest BCUT2D eigenvalue weighted by Gasteiger charge is -1.95. The smallest absolute Gasteiger partial charge is 0.171 e. The minimum Gasteiger partial charge on any atom is -0.324 e. The second kappa shape index (κ2) is 4.96. The highest BCUT2D eigenvalue weighted by Gasteiger charge is 1.99. The minimum absolute atomic E-state index is 0.242. The van der Waals surface area contributed by atoms with Crippen LogP contribution in [0, 0.1) is 11.3 Å². The summed E-state index contributed by atoms with van der Waals surface area (Å²) in [6.45, 7) is 0.242. The van der Waals surface area contributed by atoms with Crippen molar-refractivity contribution < 1.29 is 0 Å². The van der Waals surface area contributed by atoms with E-state index in [1.807, 2.05) is 6.07 Å². The van der Waals surface area contributed by atoms with Gasteiger partial charge in [-0.2, -0.15) is 9.94 Å². The van der Waals surface area contributed by atoms with Crippen molar-refractivity contribution in [3.05, 3.63) is 35.7 Å². The van der Waals surface area contributed by atoms with Crippen molar-refractivity contribution >= 4 is 12.0 Å². The van der Waals surface area contributed by atoms with Gasteiger partial charge in [-0.3, -0.25) is 0 Å². The molecule has 17 heavy (non-hydrogen) atoms. The average molecular weight is 227 g/mol. The molecule has 7 heteroatoms. The molecule has 2 aromatic rings.